The Kier molecular flexibility index (Phi) is 6.89. The van der Waals surface area contributed by atoms with E-state index < -0.39 is 28.9 Å². The van der Waals surface area contributed by atoms with Gasteiger partial charge in [-0.15, -0.1) is 0 Å². The van der Waals surface area contributed by atoms with E-state index in [-0.39, 0.29) is 22.8 Å². The number of halogens is 3. The number of nitrogens with zero attached hydrogens (tertiary/aromatic N) is 1. The minimum atomic E-state index is -1.19. The number of para-hydroxylation sites is 1. The molecule has 1 amide bonds. The van der Waals surface area contributed by atoms with Crippen LogP contribution in [0, 0.1) is 11.6 Å². The van der Waals surface area contributed by atoms with E-state index in [1.807, 2.05) is 0 Å². The van der Waals surface area contributed by atoms with Crippen molar-refractivity contribution >= 4 is 51.5 Å². The predicted molar refractivity (Wildman–Crippen MR) is 130 cm³/mol. The molecule has 0 spiro atoms. The van der Waals surface area contributed by atoms with Gasteiger partial charge in [0.15, 0.2) is 34.5 Å². The fourth-order valence-corrected chi connectivity index (χ4v) is 3.62. The van der Waals surface area contributed by atoms with Crippen LogP contribution in [0.2, 0.25) is 5.02 Å². The summed E-state index contributed by atoms with van der Waals surface area (Å²) in [4.78, 5) is 29.0. The number of pyridine rings is 1. The second kappa shape index (κ2) is 10.0. The van der Waals surface area contributed by atoms with Crippen molar-refractivity contribution in [3.63, 3.8) is 0 Å². The number of carbonyl (C=O) groups excluding carboxylic acids is 2. The molecule has 0 aliphatic heterocycles. The molecule has 36 heavy (non-hydrogen) atoms. The van der Waals surface area contributed by atoms with Gasteiger partial charge in [0.2, 0.25) is 11.7 Å². The van der Waals surface area contributed by atoms with E-state index in [9.17, 15) is 18.4 Å². The molecule has 2 aromatic heterocycles. The fourth-order valence-electron chi connectivity index (χ4n) is 3.40. The second-order valence-corrected chi connectivity index (χ2v) is 7.72. The van der Waals surface area contributed by atoms with E-state index >= 15 is 0 Å². The van der Waals surface area contributed by atoms with Gasteiger partial charge in [-0.05, 0) is 30.3 Å². The highest BCUT2D eigenvalue weighted by molar-refractivity contribution is 6.34. The van der Waals surface area contributed by atoms with Gasteiger partial charge >= 0.3 is 0 Å². The molecule has 0 saturated heterocycles. The van der Waals surface area contributed by atoms with E-state index in [2.05, 4.69) is 22.2 Å². The van der Waals surface area contributed by atoms with Gasteiger partial charge in [-0.3, -0.25) is 9.59 Å². The Labute approximate surface area is 208 Å². The first-order chi connectivity index (χ1) is 17.3. The first kappa shape index (κ1) is 24.7. The van der Waals surface area contributed by atoms with Gasteiger partial charge in [-0.25, -0.2) is 13.8 Å². The maximum Gasteiger partial charge on any atom is 0.247 e. The number of carbonyl (C=O) groups is 2. The van der Waals surface area contributed by atoms with E-state index in [4.69, 9.17) is 25.5 Å². The van der Waals surface area contributed by atoms with E-state index in [1.54, 1.807) is 18.2 Å². The molecule has 0 radical (unpaired) electrons. The summed E-state index contributed by atoms with van der Waals surface area (Å²) in [5, 5.41) is 6.37. The number of amides is 1. The molecular formula is C25H18ClF2N3O5. The normalized spacial score (nSPS) is 10.7. The number of hydrogen-bond acceptors (Lipinski definition) is 7. The molecule has 0 unspecified atom stereocenters. The summed E-state index contributed by atoms with van der Waals surface area (Å²) < 4.78 is 44.9. The summed E-state index contributed by atoms with van der Waals surface area (Å²) in [6, 6.07) is 8.77. The number of ether oxygens (including phenoxy) is 2. The third kappa shape index (κ3) is 4.58. The Bertz CT molecular complexity index is 1490. The molecule has 0 aliphatic carbocycles. The quantitative estimate of drug-likeness (QED) is 0.224. The Morgan fingerprint density at radius 1 is 1.11 bits per heavy atom. The maximum absolute atomic E-state index is 14.8. The second-order valence-electron chi connectivity index (χ2n) is 7.31. The molecule has 2 N–H and O–H groups in total. The Morgan fingerprint density at radius 3 is 2.44 bits per heavy atom. The van der Waals surface area contributed by atoms with Crippen molar-refractivity contribution in [2.24, 2.45) is 0 Å². The van der Waals surface area contributed by atoms with Crippen LogP contribution in [0.5, 0.6) is 11.5 Å². The summed E-state index contributed by atoms with van der Waals surface area (Å²) in [6.45, 7) is 3.42. The van der Waals surface area contributed by atoms with Crippen LogP contribution < -0.4 is 20.1 Å². The number of fused-ring (bicyclic) bond motifs is 1. The molecule has 184 valence electrons. The van der Waals surface area contributed by atoms with Gasteiger partial charge in [-0.2, -0.15) is 0 Å². The van der Waals surface area contributed by atoms with Crippen LogP contribution in [-0.4, -0.2) is 30.9 Å². The molecular weight excluding hydrogens is 496 g/mol. The minimum Gasteiger partial charge on any atom is -0.494 e. The number of furan rings is 1. The molecule has 0 fully saturated rings. The lowest BCUT2D eigenvalue weighted by molar-refractivity contribution is -0.111. The van der Waals surface area contributed by atoms with Gasteiger partial charge in [0, 0.05) is 11.5 Å². The predicted octanol–water partition coefficient (Wildman–Crippen LogP) is 5.88. The number of nitrogens with one attached hydrogen (secondary N) is 2. The summed E-state index contributed by atoms with van der Waals surface area (Å²) in [7, 11) is 2.36. The molecule has 0 atom stereocenters. The highest BCUT2D eigenvalue weighted by Crippen LogP contribution is 2.35. The van der Waals surface area contributed by atoms with Gasteiger partial charge in [0.1, 0.15) is 11.4 Å². The molecule has 2 aromatic carbocycles. The zero-order chi connectivity index (χ0) is 26.0. The number of benzene rings is 2. The standard InChI is InChI=1S/C25H18ClF2N3O5/c1-4-20(32)30-14-7-5-6-13(26)24(14)31-19-9-12-8-17(36-18(12)11-29-19)25(33)21-22(27)15(34-2)10-16(35-3)23(21)28/h4-11H,1H2,2-3H3,(H,29,31)(H,30,32). The fraction of sp³-hybridized carbons (Fsp3) is 0.0800. The van der Waals surface area contributed by atoms with Crippen LogP contribution in [0.3, 0.4) is 0 Å². The molecule has 0 saturated carbocycles. The first-order valence-electron chi connectivity index (χ1n) is 10.3. The van der Waals surface area contributed by atoms with E-state index in [1.165, 1.54) is 32.5 Å². The zero-order valence-corrected chi connectivity index (χ0v) is 19.7. The van der Waals surface area contributed by atoms with Gasteiger partial charge < -0.3 is 24.5 Å². The number of ketones is 1. The highest BCUT2D eigenvalue weighted by atomic mass is 35.5. The lowest BCUT2D eigenvalue weighted by Crippen LogP contribution is -2.09. The summed E-state index contributed by atoms with van der Waals surface area (Å²) in [5.41, 5.74) is 0.0676. The Balaban J connectivity index is 1.70. The van der Waals surface area contributed by atoms with Crippen molar-refractivity contribution in [3.05, 3.63) is 83.2 Å². The van der Waals surface area contributed by atoms with Crippen molar-refractivity contribution in [3.8, 4) is 11.5 Å². The average Bonchev–Trinajstić information content (AvgIpc) is 3.30. The van der Waals surface area contributed by atoms with Crippen LogP contribution in [-0.2, 0) is 4.79 Å². The summed E-state index contributed by atoms with van der Waals surface area (Å²) in [6.07, 6.45) is 2.44. The van der Waals surface area contributed by atoms with E-state index in [0.717, 1.165) is 12.1 Å². The molecule has 8 nitrogen and oxygen atoms in total. The Morgan fingerprint density at radius 2 is 1.81 bits per heavy atom. The van der Waals surface area contributed by atoms with Crippen LogP contribution >= 0.6 is 11.6 Å². The number of hydrogen-bond donors (Lipinski definition) is 2. The third-order valence-electron chi connectivity index (χ3n) is 5.14. The van der Waals surface area contributed by atoms with Crippen molar-refractivity contribution in [1.82, 2.24) is 4.98 Å². The monoisotopic (exact) mass is 513 g/mol. The van der Waals surface area contributed by atoms with Crippen LogP contribution in [0.15, 0.2) is 59.7 Å². The van der Waals surface area contributed by atoms with Crippen LogP contribution in [0.25, 0.3) is 11.0 Å². The van der Waals surface area contributed by atoms with Gasteiger partial charge in [0.05, 0.1) is 36.8 Å². The number of aromatic nitrogens is 1. The Hall–Kier alpha value is -4.44. The van der Waals surface area contributed by atoms with Gasteiger partial charge in [0.25, 0.3) is 0 Å². The van der Waals surface area contributed by atoms with Gasteiger partial charge in [-0.1, -0.05) is 24.2 Å². The number of anilines is 3. The summed E-state index contributed by atoms with van der Waals surface area (Å²) in [5.74, 6) is -4.61. The van der Waals surface area contributed by atoms with E-state index in [0.29, 0.717) is 27.6 Å². The maximum atomic E-state index is 14.8. The average molecular weight is 514 g/mol. The minimum absolute atomic E-state index is 0.193. The highest BCUT2D eigenvalue weighted by Gasteiger charge is 2.28. The topological polar surface area (TPSA) is 103 Å². The SMILES string of the molecule is C=CC(=O)Nc1cccc(Cl)c1Nc1cc2cc(C(=O)c3c(F)c(OC)cc(OC)c3F)oc2cn1. The first-order valence-corrected chi connectivity index (χ1v) is 10.7. The van der Waals surface area contributed by atoms with Crippen LogP contribution in [0.1, 0.15) is 16.1 Å². The van der Waals surface area contributed by atoms with Crippen molar-refractivity contribution in [2.75, 3.05) is 24.9 Å². The molecule has 4 aromatic rings. The lowest BCUT2D eigenvalue weighted by atomic mass is 10.1. The summed E-state index contributed by atoms with van der Waals surface area (Å²) >= 11 is 6.29. The molecule has 2 heterocycles. The largest absolute Gasteiger partial charge is 0.494 e. The molecule has 0 bridgehead atoms. The van der Waals surface area contributed by atoms with Crippen molar-refractivity contribution in [2.45, 2.75) is 0 Å². The smallest absolute Gasteiger partial charge is 0.247 e. The lowest BCUT2D eigenvalue weighted by Gasteiger charge is -2.13. The van der Waals surface area contributed by atoms with Crippen molar-refractivity contribution < 1.29 is 32.3 Å². The number of methoxy groups -OCH3 is 2. The van der Waals surface area contributed by atoms with Crippen LogP contribution in [0.4, 0.5) is 26.0 Å². The number of rotatable bonds is 8. The zero-order valence-electron chi connectivity index (χ0n) is 18.9. The third-order valence-corrected chi connectivity index (χ3v) is 5.45. The molecule has 11 heteroatoms. The molecule has 4 rings (SSSR count). The molecule has 0 aliphatic rings. The van der Waals surface area contributed by atoms with Crippen molar-refractivity contribution in [1.29, 1.82) is 0 Å².